The van der Waals surface area contributed by atoms with Crippen LogP contribution in [0.15, 0.2) is 84.9 Å². The van der Waals surface area contributed by atoms with Crippen LogP contribution in [-0.4, -0.2) is 11.6 Å². The van der Waals surface area contributed by atoms with E-state index in [0.717, 1.165) is 46.2 Å². The van der Waals surface area contributed by atoms with Crippen LogP contribution in [0.5, 0.6) is 0 Å². The van der Waals surface area contributed by atoms with Crippen molar-refractivity contribution >= 4 is 11.6 Å². The maximum atomic E-state index is 12.9. The van der Waals surface area contributed by atoms with Crippen molar-refractivity contribution in [2.24, 2.45) is 0 Å². The number of hydrogen-bond donors (Lipinski definition) is 0. The summed E-state index contributed by atoms with van der Waals surface area (Å²) in [6.07, 6.45) is 6.93. The van der Waals surface area contributed by atoms with Gasteiger partial charge in [0, 0.05) is 11.1 Å². The predicted molar refractivity (Wildman–Crippen MR) is 149 cm³/mol. The summed E-state index contributed by atoms with van der Waals surface area (Å²) in [6, 6.07) is 29.0. The average molecular weight is 473 g/mol. The molecule has 0 saturated heterocycles. The largest absolute Gasteiger partial charge is 0.285 e. The van der Waals surface area contributed by atoms with E-state index in [-0.39, 0.29) is 0 Å². The van der Waals surface area contributed by atoms with Crippen molar-refractivity contribution in [2.75, 3.05) is 0 Å². The normalized spacial score (nSPS) is 12.4. The third-order valence-corrected chi connectivity index (χ3v) is 7.24. The molecule has 0 amide bonds. The number of ketones is 2. The van der Waals surface area contributed by atoms with Crippen LogP contribution in [0, 0.1) is 0 Å². The van der Waals surface area contributed by atoms with E-state index in [0.29, 0.717) is 11.1 Å². The van der Waals surface area contributed by atoms with Gasteiger partial charge in [0.2, 0.25) is 11.6 Å². The summed E-state index contributed by atoms with van der Waals surface area (Å²) in [6.45, 7) is 4.42. The Morgan fingerprint density at radius 3 is 1.17 bits per heavy atom. The van der Waals surface area contributed by atoms with Crippen molar-refractivity contribution in [3.63, 3.8) is 0 Å². The van der Waals surface area contributed by atoms with E-state index >= 15 is 0 Å². The molecule has 36 heavy (non-hydrogen) atoms. The van der Waals surface area contributed by atoms with Crippen molar-refractivity contribution in [1.82, 2.24) is 0 Å². The lowest BCUT2D eigenvalue weighted by atomic mass is 9.81. The van der Waals surface area contributed by atoms with Crippen LogP contribution >= 0.6 is 0 Å². The number of benzene rings is 4. The monoisotopic (exact) mass is 472 g/mol. The molecule has 1 aliphatic carbocycles. The summed E-state index contributed by atoms with van der Waals surface area (Å²) in [5.74, 6) is -0.848. The van der Waals surface area contributed by atoms with Gasteiger partial charge in [-0.1, -0.05) is 87.4 Å². The van der Waals surface area contributed by atoms with Gasteiger partial charge in [-0.3, -0.25) is 9.59 Å². The minimum absolute atomic E-state index is 0.424. The van der Waals surface area contributed by atoms with E-state index in [1.165, 1.54) is 36.8 Å². The molecule has 0 bridgehead atoms. The van der Waals surface area contributed by atoms with Gasteiger partial charge in [-0.15, -0.1) is 0 Å². The second-order valence-electron chi connectivity index (χ2n) is 9.78. The number of carbonyl (C=O) groups is 2. The molecule has 1 aliphatic rings. The number of carbonyl (C=O) groups excluding carboxylic acids is 2. The molecular weight excluding hydrogens is 440 g/mol. The zero-order valence-corrected chi connectivity index (χ0v) is 21.1. The van der Waals surface area contributed by atoms with Crippen molar-refractivity contribution in [1.29, 1.82) is 0 Å². The zero-order valence-electron chi connectivity index (χ0n) is 21.1. The van der Waals surface area contributed by atoms with Gasteiger partial charge in [0.25, 0.3) is 0 Å². The Bertz CT molecular complexity index is 1300. The van der Waals surface area contributed by atoms with E-state index in [2.05, 4.69) is 74.5 Å². The molecule has 0 unspecified atom stereocenters. The number of hydrogen-bond acceptors (Lipinski definition) is 2. The molecule has 4 aromatic carbocycles. The lowest BCUT2D eigenvalue weighted by Crippen LogP contribution is -2.21. The quantitative estimate of drug-likeness (QED) is 0.240. The predicted octanol–water partition coefficient (Wildman–Crippen LogP) is 8.75. The molecule has 5 rings (SSSR count). The van der Waals surface area contributed by atoms with Crippen LogP contribution in [0.3, 0.4) is 0 Å². The molecule has 0 heterocycles. The van der Waals surface area contributed by atoms with Gasteiger partial charge in [-0.2, -0.15) is 0 Å². The number of Topliss-reactive ketones (excluding diaryl/α,β-unsaturated/α-hetero) is 2. The SMILES string of the molecule is CCCCc1ccc(-c2ccc3c(c2)-c2cc(-c4ccc(CCCC)cc4)ccc2C(=O)C3=O)cc1. The summed E-state index contributed by atoms with van der Waals surface area (Å²) >= 11 is 0. The molecule has 0 aliphatic heterocycles. The van der Waals surface area contributed by atoms with E-state index in [4.69, 9.17) is 0 Å². The zero-order chi connectivity index (χ0) is 25.1. The van der Waals surface area contributed by atoms with Gasteiger partial charge in [0.1, 0.15) is 0 Å². The molecule has 0 N–H and O–H groups in total. The lowest BCUT2D eigenvalue weighted by Gasteiger charge is -2.20. The molecule has 0 fully saturated rings. The molecule has 0 spiro atoms. The van der Waals surface area contributed by atoms with Crippen molar-refractivity contribution in [3.05, 3.63) is 107 Å². The fourth-order valence-corrected chi connectivity index (χ4v) is 5.02. The Morgan fingerprint density at radius 2 is 0.806 bits per heavy atom. The third-order valence-electron chi connectivity index (χ3n) is 7.24. The molecule has 0 saturated carbocycles. The Morgan fingerprint density at radius 1 is 0.444 bits per heavy atom. The van der Waals surface area contributed by atoms with Gasteiger partial charge in [-0.05, 0) is 94.5 Å². The minimum atomic E-state index is -0.424. The molecule has 0 aromatic heterocycles. The summed E-state index contributed by atoms with van der Waals surface area (Å²) in [5.41, 5.74) is 9.66. The highest BCUT2D eigenvalue weighted by molar-refractivity contribution is 6.53. The van der Waals surface area contributed by atoms with E-state index in [9.17, 15) is 9.59 Å². The molecule has 0 radical (unpaired) electrons. The summed E-state index contributed by atoms with van der Waals surface area (Å²) in [5, 5.41) is 0. The van der Waals surface area contributed by atoms with E-state index < -0.39 is 11.6 Å². The Kier molecular flexibility index (Phi) is 6.95. The maximum Gasteiger partial charge on any atom is 0.234 e. The van der Waals surface area contributed by atoms with Gasteiger partial charge < -0.3 is 0 Å². The first-order chi connectivity index (χ1) is 17.6. The highest BCUT2D eigenvalue weighted by Gasteiger charge is 2.30. The molecule has 0 atom stereocenters. The van der Waals surface area contributed by atoms with E-state index in [1.807, 2.05) is 24.3 Å². The van der Waals surface area contributed by atoms with Gasteiger partial charge >= 0.3 is 0 Å². The van der Waals surface area contributed by atoms with Gasteiger partial charge in [-0.25, -0.2) is 0 Å². The van der Waals surface area contributed by atoms with Crippen LogP contribution in [0.4, 0.5) is 0 Å². The Hall–Kier alpha value is -3.78. The maximum absolute atomic E-state index is 12.9. The molecule has 4 aromatic rings. The lowest BCUT2D eigenvalue weighted by molar-refractivity contribution is 0.0815. The highest BCUT2D eigenvalue weighted by atomic mass is 16.2. The second kappa shape index (κ2) is 10.5. The first-order valence-electron chi connectivity index (χ1n) is 13.1. The fourth-order valence-electron chi connectivity index (χ4n) is 5.02. The summed E-state index contributed by atoms with van der Waals surface area (Å²) in [7, 11) is 0. The first kappa shape index (κ1) is 23.9. The van der Waals surface area contributed by atoms with Crippen molar-refractivity contribution in [3.8, 4) is 33.4 Å². The molecule has 2 heteroatoms. The molecule has 180 valence electrons. The average Bonchev–Trinajstić information content (AvgIpc) is 2.93. The smallest absolute Gasteiger partial charge is 0.234 e. The van der Waals surface area contributed by atoms with Crippen LogP contribution in [0.1, 0.15) is 71.4 Å². The van der Waals surface area contributed by atoms with E-state index in [1.54, 1.807) is 0 Å². The standard InChI is InChI=1S/C34H32O2/c1-3-5-7-23-9-13-25(14-10-23)27-17-19-29-31(21-27)32-22-28(18-20-30(32)34(36)33(29)35)26-15-11-24(12-16-26)8-6-4-2/h9-22H,3-8H2,1-2H3. The number of rotatable bonds is 8. The van der Waals surface area contributed by atoms with Crippen LogP contribution in [0.25, 0.3) is 33.4 Å². The number of fused-ring (bicyclic) bond motifs is 3. The molecule has 2 nitrogen and oxygen atoms in total. The van der Waals surface area contributed by atoms with Crippen molar-refractivity contribution < 1.29 is 9.59 Å². The number of unbranched alkanes of at least 4 members (excludes halogenated alkanes) is 2. The highest BCUT2D eigenvalue weighted by Crippen LogP contribution is 2.38. The fraction of sp³-hybridized carbons (Fsp3) is 0.235. The van der Waals surface area contributed by atoms with Gasteiger partial charge in [0.15, 0.2) is 0 Å². The second-order valence-corrected chi connectivity index (χ2v) is 9.78. The van der Waals surface area contributed by atoms with Crippen LogP contribution in [-0.2, 0) is 12.8 Å². The van der Waals surface area contributed by atoms with Crippen LogP contribution in [0.2, 0.25) is 0 Å². The number of aryl methyl sites for hydroxylation is 2. The third kappa shape index (κ3) is 4.68. The first-order valence-corrected chi connectivity index (χ1v) is 13.1. The van der Waals surface area contributed by atoms with Gasteiger partial charge in [0.05, 0.1) is 0 Å². The Labute approximate surface area is 214 Å². The minimum Gasteiger partial charge on any atom is -0.285 e. The Balaban J connectivity index is 1.53. The molecular formula is C34H32O2. The topological polar surface area (TPSA) is 34.1 Å². The summed E-state index contributed by atoms with van der Waals surface area (Å²) in [4.78, 5) is 25.8. The van der Waals surface area contributed by atoms with Crippen molar-refractivity contribution in [2.45, 2.75) is 52.4 Å². The van der Waals surface area contributed by atoms with Crippen LogP contribution < -0.4 is 0 Å². The summed E-state index contributed by atoms with van der Waals surface area (Å²) < 4.78 is 0.